The molecule has 9 nitrogen and oxygen atoms in total. The third kappa shape index (κ3) is 3.38. The van der Waals surface area contributed by atoms with Crippen molar-refractivity contribution in [1.29, 1.82) is 0 Å². The van der Waals surface area contributed by atoms with Crippen LogP contribution in [0, 0.1) is 0 Å². The van der Waals surface area contributed by atoms with E-state index in [4.69, 9.17) is 9.47 Å². The van der Waals surface area contributed by atoms with Crippen LogP contribution < -0.4 is 14.2 Å². The molecule has 0 radical (unpaired) electrons. The molecule has 2 N–H and O–H groups in total. The van der Waals surface area contributed by atoms with Gasteiger partial charge < -0.3 is 24.2 Å². The Bertz CT molecular complexity index is 1120. The average molecular weight is 435 g/mol. The second kappa shape index (κ2) is 7.01. The van der Waals surface area contributed by atoms with Crippen LogP contribution in [0.4, 0.5) is 10.5 Å². The van der Waals surface area contributed by atoms with Gasteiger partial charge in [-0.2, -0.15) is 0 Å². The number of nitrogens with zero attached hydrogens (tertiary/aromatic N) is 2. The van der Waals surface area contributed by atoms with Crippen molar-refractivity contribution in [3.63, 3.8) is 0 Å². The van der Waals surface area contributed by atoms with E-state index in [1.165, 1.54) is 41.6 Å². The Labute approximate surface area is 170 Å². The van der Waals surface area contributed by atoms with Crippen molar-refractivity contribution >= 4 is 50.6 Å². The fraction of sp³-hybridized carbons (Fsp3) is 0.167. The van der Waals surface area contributed by atoms with Crippen LogP contribution >= 0.6 is 11.3 Å². The lowest BCUT2D eigenvalue weighted by Gasteiger charge is -2.15. The second-order valence-electron chi connectivity index (χ2n) is 6.35. The molecule has 3 amide bonds. The number of benzene rings is 1. The molecule has 2 aliphatic heterocycles. The van der Waals surface area contributed by atoms with Gasteiger partial charge in [0.05, 0.1) is 15.4 Å². The van der Waals surface area contributed by atoms with Gasteiger partial charge in [-0.05, 0) is 29.5 Å². The molecule has 0 bridgehead atoms. The number of nitrogens with one attached hydrogen (secondary N) is 1. The van der Waals surface area contributed by atoms with E-state index in [1.54, 1.807) is 17.5 Å². The number of phenolic OH excluding ortho intramolecular Hbond substituents is 1. The molecule has 2 aromatic rings. The van der Waals surface area contributed by atoms with Gasteiger partial charge in [0.1, 0.15) is 10.8 Å². The summed E-state index contributed by atoms with van der Waals surface area (Å²) in [7, 11) is -1.36. The number of carbonyl (C=O) groups excluding carboxylic acids is 2. The van der Waals surface area contributed by atoms with Crippen LogP contribution in [0.15, 0.2) is 34.0 Å². The number of thiophene rings is 1. The highest BCUT2D eigenvalue weighted by Gasteiger charge is 2.32. The number of hydrogen-bond acceptors (Lipinski definition) is 7. The predicted octanol–water partition coefficient (Wildman–Crippen LogP) is 2.15. The summed E-state index contributed by atoms with van der Waals surface area (Å²) in [5.74, 6) is 3.45. The van der Waals surface area contributed by atoms with Gasteiger partial charge in [0.25, 0.3) is 5.91 Å². The first-order valence-corrected chi connectivity index (χ1v) is 11.0. The number of urea groups is 1. The SMILES string of the molecule is C=S(=O)(Nc1cc(/C=C/N2C(=O)CN(C)C2=O)c(O)c2c1OCO2)c1cccs1. The Morgan fingerprint density at radius 2 is 2.10 bits per heavy atom. The highest BCUT2D eigenvalue weighted by Crippen LogP contribution is 2.48. The average Bonchev–Trinajstić information content (AvgIpc) is 3.40. The Balaban J connectivity index is 1.71. The maximum atomic E-state index is 13.0. The third-order valence-corrected chi connectivity index (χ3v) is 7.41. The van der Waals surface area contributed by atoms with Crippen LogP contribution in [0.25, 0.3) is 6.08 Å². The van der Waals surface area contributed by atoms with E-state index >= 15 is 0 Å². The Morgan fingerprint density at radius 1 is 1.34 bits per heavy atom. The number of imide groups is 1. The van der Waals surface area contributed by atoms with Crippen molar-refractivity contribution in [3.8, 4) is 17.2 Å². The van der Waals surface area contributed by atoms with Gasteiger partial charge in [-0.3, -0.25) is 4.79 Å². The molecule has 0 spiro atoms. The third-order valence-electron chi connectivity index (χ3n) is 4.32. The van der Waals surface area contributed by atoms with Crippen LogP contribution in [0.5, 0.6) is 17.2 Å². The van der Waals surface area contributed by atoms with E-state index in [0.29, 0.717) is 9.90 Å². The second-order valence-corrected chi connectivity index (χ2v) is 9.55. The molecule has 1 fully saturated rings. The number of anilines is 1. The number of aromatic hydroxyl groups is 1. The van der Waals surface area contributed by atoms with E-state index in [0.717, 1.165) is 4.90 Å². The normalized spacial score (nSPS) is 18.0. The first-order chi connectivity index (χ1) is 13.8. The van der Waals surface area contributed by atoms with Gasteiger partial charge in [-0.15, -0.1) is 11.3 Å². The molecule has 11 heteroatoms. The zero-order chi connectivity index (χ0) is 20.8. The minimum atomic E-state index is -2.87. The smallest absolute Gasteiger partial charge is 0.331 e. The number of amides is 3. The van der Waals surface area contributed by atoms with E-state index in [9.17, 15) is 18.9 Å². The van der Waals surface area contributed by atoms with Gasteiger partial charge in [-0.1, -0.05) is 6.07 Å². The summed E-state index contributed by atoms with van der Waals surface area (Å²) >= 11 is 1.30. The molecule has 1 saturated heterocycles. The fourth-order valence-corrected chi connectivity index (χ4v) is 5.16. The van der Waals surface area contributed by atoms with Gasteiger partial charge in [0.15, 0.2) is 11.5 Å². The van der Waals surface area contributed by atoms with Crippen molar-refractivity contribution in [2.45, 2.75) is 4.21 Å². The number of fused-ring (bicyclic) bond motifs is 1. The number of phenols is 1. The topological polar surface area (TPSA) is 108 Å². The van der Waals surface area contributed by atoms with Crippen molar-refractivity contribution in [2.24, 2.45) is 0 Å². The Hall–Kier alpha value is -3.18. The van der Waals surface area contributed by atoms with Crippen LogP contribution in [0.2, 0.25) is 0 Å². The number of ether oxygens (including phenoxy) is 2. The number of rotatable bonds is 5. The molecule has 152 valence electrons. The number of likely N-dealkylation sites (N-methyl/N-ethyl adjacent to an activating group) is 1. The van der Waals surface area contributed by atoms with Crippen LogP contribution in [0.1, 0.15) is 5.56 Å². The van der Waals surface area contributed by atoms with Crippen molar-refractivity contribution in [3.05, 3.63) is 35.3 Å². The molecule has 2 aliphatic rings. The van der Waals surface area contributed by atoms with Gasteiger partial charge >= 0.3 is 6.03 Å². The van der Waals surface area contributed by atoms with E-state index in [-0.39, 0.29) is 42.1 Å². The minimum absolute atomic E-state index is 0.0204. The first kappa shape index (κ1) is 19.2. The molecule has 0 saturated carbocycles. The highest BCUT2D eigenvalue weighted by molar-refractivity contribution is 8.03. The van der Waals surface area contributed by atoms with Crippen LogP contribution in [0.3, 0.4) is 0 Å². The zero-order valence-corrected chi connectivity index (χ0v) is 16.9. The predicted molar refractivity (Wildman–Crippen MR) is 110 cm³/mol. The number of hydrogen-bond donors (Lipinski definition) is 2. The van der Waals surface area contributed by atoms with Gasteiger partial charge in [0, 0.05) is 18.8 Å². The zero-order valence-electron chi connectivity index (χ0n) is 15.3. The molecule has 1 aromatic carbocycles. The van der Waals surface area contributed by atoms with Gasteiger partial charge in [0.2, 0.25) is 12.5 Å². The molecule has 1 aromatic heterocycles. The summed E-state index contributed by atoms with van der Waals surface area (Å²) in [6.45, 7) is -0.135. The summed E-state index contributed by atoms with van der Waals surface area (Å²) in [6, 6.07) is 4.49. The lowest BCUT2D eigenvalue weighted by Crippen LogP contribution is -2.26. The molecule has 4 rings (SSSR count). The fourth-order valence-electron chi connectivity index (χ4n) is 2.90. The summed E-state index contributed by atoms with van der Waals surface area (Å²) in [6.07, 6.45) is 2.67. The summed E-state index contributed by atoms with van der Waals surface area (Å²) in [4.78, 5) is 26.2. The van der Waals surface area contributed by atoms with Crippen molar-refractivity contribution in [2.75, 3.05) is 25.1 Å². The summed E-state index contributed by atoms with van der Waals surface area (Å²) < 4.78 is 27.2. The molecular formula is C18H17N3O6S2. The van der Waals surface area contributed by atoms with Gasteiger partial charge in [-0.25, -0.2) is 13.9 Å². The Kier molecular flexibility index (Phi) is 4.63. The molecule has 1 atom stereocenters. The number of carbonyl (C=O) groups is 2. The highest BCUT2D eigenvalue weighted by atomic mass is 32.2. The lowest BCUT2D eigenvalue weighted by molar-refractivity contribution is -0.123. The first-order valence-electron chi connectivity index (χ1n) is 8.37. The quantitative estimate of drug-likeness (QED) is 0.423. The van der Waals surface area contributed by atoms with E-state index in [2.05, 4.69) is 10.6 Å². The summed E-state index contributed by atoms with van der Waals surface area (Å²) in [5.41, 5.74) is 0.549. The van der Waals surface area contributed by atoms with Crippen LogP contribution in [-0.2, 0) is 14.5 Å². The molecular weight excluding hydrogens is 418 g/mol. The minimum Gasteiger partial charge on any atom is -0.504 e. The lowest BCUT2D eigenvalue weighted by atomic mass is 10.1. The molecule has 3 heterocycles. The van der Waals surface area contributed by atoms with E-state index in [1.807, 2.05) is 0 Å². The van der Waals surface area contributed by atoms with Crippen LogP contribution in [-0.4, -0.2) is 57.3 Å². The maximum Gasteiger partial charge on any atom is 0.331 e. The molecule has 0 aliphatic carbocycles. The van der Waals surface area contributed by atoms with Crippen molar-refractivity contribution in [1.82, 2.24) is 9.80 Å². The summed E-state index contributed by atoms with van der Waals surface area (Å²) in [5, 5.41) is 12.3. The molecule has 1 unspecified atom stereocenters. The maximum absolute atomic E-state index is 13.0. The monoisotopic (exact) mass is 435 g/mol. The van der Waals surface area contributed by atoms with Crippen molar-refractivity contribution < 1.29 is 28.4 Å². The molecule has 29 heavy (non-hydrogen) atoms. The largest absolute Gasteiger partial charge is 0.504 e. The Morgan fingerprint density at radius 3 is 2.76 bits per heavy atom. The van der Waals surface area contributed by atoms with E-state index < -0.39 is 15.7 Å². The standard InChI is InChI=1S/C18H17N3O6S2/c1-20-9-13(22)21(18(20)24)6-5-11-8-12(16-17(15(11)23)27-10-26-16)19-29(2,25)14-4-3-7-28-14/h3-8,23H,2,9-10H2,1H3,(H,19,25)/b6-5+.